The van der Waals surface area contributed by atoms with Gasteiger partial charge in [0.25, 0.3) is 0 Å². The summed E-state index contributed by atoms with van der Waals surface area (Å²) in [6.07, 6.45) is 7.50. The van der Waals surface area contributed by atoms with Crippen LogP contribution >= 0.6 is 0 Å². The molecule has 3 atom stereocenters. The lowest BCUT2D eigenvalue weighted by molar-refractivity contribution is 0.691. The summed E-state index contributed by atoms with van der Waals surface area (Å²) >= 11 is 0. The van der Waals surface area contributed by atoms with Crippen LogP contribution in [0.2, 0.25) is 5.54 Å². The van der Waals surface area contributed by atoms with Gasteiger partial charge in [0, 0.05) is 10.2 Å². The molecule has 0 aromatic heterocycles. The van der Waals surface area contributed by atoms with Crippen LogP contribution in [0.25, 0.3) is 0 Å². The molecule has 1 fully saturated rings. The maximum absolute atomic E-state index is 3.69. The predicted octanol–water partition coefficient (Wildman–Crippen LogP) is 1.54. The molecule has 0 saturated heterocycles. The van der Waals surface area contributed by atoms with Crippen molar-refractivity contribution in [2.75, 3.05) is 0 Å². The normalized spacial score (nSPS) is 50.9. The molecule has 0 heterocycles. The third-order valence-electron chi connectivity index (χ3n) is 2.28. The summed E-state index contributed by atoms with van der Waals surface area (Å²) in [6, 6.07) is 0. The number of rotatable bonds is 0. The highest BCUT2D eigenvalue weighted by Crippen LogP contribution is 2.45. The van der Waals surface area contributed by atoms with Crippen molar-refractivity contribution in [2.24, 2.45) is 11.8 Å². The minimum Gasteiger partial charge on any atom is -0.0852 e. The van der Waals surface area contributed by atoms with Gasteiger partial charge < -0.3 is 0 Å². The average molecular weight is 121 g/mol. The summed E-state index contributed by atoms with van der Waals surface area (Å²) in [7, 11) is 3.69. The van der Waals surface area contributed by atoms with Crippen LogP contribution in [0.1, 0.15) is 12.8 Å². The van der Waals surface area contributed by atoms with Crippen LogP contribution < -0.4 is 0 Å². The summed E-state index contributed by atoms with van der Waals surface area (Å²) < 4.78 is 0. The Kier molecular flexibility index (Phi) is 0.882. The molecule has 0 nitrogen and oxygen atoms in total. The highest BCUT2D eigenvalue weighted by atomic mass is 28.1. The Labute approximate surface area is 53.4 Å². The molecule has 8 heavy (non-hydrogen) atoms. The quantitative estimate of drug-likeness (QED) is 0.337. The molecular weight excluding hydrogens is 112 g/mol. The second kappa shape index (κ2) is 1.47. The lowest BCUT2D eigenvalue weighted by Gasteiger charge is -2.09. The number of hydrogen-bond donors (Lipinski definition) is 0. The fourth-order valence-electron chi connectivity index (χ4n) is 1.78. The minimum absolute atomic E-state index is 0.796. The van der Waals surface area contributed by atoms with Crippen LogP contribution in [0.15, 0.2) is 12.2 Å². The van der Waals surface area contributed by atoms with Crippen molar-refractivity contribution in [2.45, 2.75) is 18.4 Å². The molecular formula is C7H9Si. The molecule has 2 aliphatic rings. The summed E-state index contributed by atoms with van der Waals surface area (Å²) in [4.78, 5) is 0. The SMILES string of the molecule is [Si]C1CC2C=CC1C2. The largest absolute Gasteiger partial charge is 0.0852 e. The average Bonchev–Trinajstić information content (AvgIpc) is 2.23. The van der Waals surface area contributed by atoms with Crippen LogP contribution in [0.4, 0.5) is 0 Å². The second-order valence-corrected chi connectivity index (χ2v) is 3.63. The molecule has 0 aliphatic heterocycles. The Balaban J connectivity index is 2.23. The molecule has 3 unspecified atom stereocenters. The smallest absolute Gasteiger partial charge is 0.0274 e. The Bertz CT molecular complexity index is 128. The molecule has 0 aromatic carbocycles. The van der Waals surface area contributed by atoms with E-state index in [-0.39, 0.29) is 0 Å². The Morgan fingerprint density at radius 2 is 2.12 bits per heavy atom. The predicted molar refractivity (Wildman–Crippen MR) is 34.9 cm³/mol. The Hall–Kier alpha value is -0.0431. The molecule has 2 aliphatic carbocycles. The van der Waals surface area contributed by atoms with E-state index in [0.29, 0.717) is 0 Å². The third kappa shape index (κ3) is 0.509. The summed E-state index contributed by atoms with van der Waals surface area (Å²) in [5.74, 6) is 1.79. The molecule has 0 amide bonds. The fraction of sp³-hybridized carbons (Fsp3) is 0.714. The van der Waals surface area contributed by atoms with Crippen LogP contribution in [0.3, 0.4) is 0 Å². The molecule has 1 saturated carbocycles. The van der Waals surface area contributed by atoms with E-state index in [4.69, 9.17) is 0 Å². The summed E-state index contributed by atoms with van der Waals surface area (Å²) in [6.45, 7) is 0. The van der Waals surface area contributed by atoms with Crippen molar-refractivity contribution in [1.29, 1.82) is 0 Å². The van der Waals surface area contributed by atoms with Crippen molar-refractivity contribution in [3.05, 3.63) is 12.2 Å². The van der Waals surface area contributed by atoms with Crippen LogP contribution in [-0.4, -0.2) is 10.2 Å². The van der Waals surface area contributed by atoms with Gasteiger partial charge in [-0.1, -0.05) is 12.2 Å². The van der Waals surface area contributed by atoms with Gasteiger partial charge in [-0.3, -0.25) is 0 Å². The van der Waals surface area contributed by atoms with Crippen LogP contribution in [-0.2, 0) is 0 Å². The van der Waals surface area contributed by atoms with Crippen molar-refractivity contribution >= 4 is 10.2 Å². The van der Waals surface area contributed by atoms with Gasteiger partial charge in [-0.25, -0.2) is 0 Å². The van der Waals surface area contributed by atoms with Gasteiger partial charge in [0.2, 0.25) is 0 Å². The van der Waals surface area contributed by atoms with Gasteiger partial charge in [-0.2, -0.15) is 0 Å². The molecule has 1 heteroatoms. The fourth-order valence-corrected chi connectivity index (χ4v) is 2.33. The maximum Gasteiger partial charge on any atom is 0.0274 e. The van der Waals surface area contributed by atoms with Gasteiger partial charge in [0.1, 0.15) is 0 Å². The van der Waals surface area contributed by atoms with E-state index in [2.05, 4.69) is 22.4 Å². The standard InChI is InChI=1S/C7H9Si/c8-7-4-5-1-2-6(7)3-5/h1-2,5-7H,3-4H2. The van der Waals surface area contributed by atoms with E-state index < -0.39 is 0 Å². The lowest BCUT2D eigenvalue weighted by Crippen LogP contribution is -1.97. The Morgan fingerprint density at radius 1 is 1.25 bits per heavy atom. The molecule has 0 spiro atoms. The first-order valence-electron chi connectivity index (χ1n) is 3.26. The van der Waals surface area contributed by atoms with E-state index in [1.54, 1.807) is 0 Å². The second-order valence-electron chi connectivity index (χ2n) is 2.89. The zero-order valence-electron chi connectivity index (χ0n) is 4.80. The van der Waals surface area contributed by atoms with Crippen molar-refractivity contribution in [3.63, 3.8) is 0 Å². The highest BCUT2D eigenvalue weighted by molar-refractivity contribution is 6.12. The number of allylic oxidation sites excluding steroid dienone is 2. The van der Waals surface area contributed by atoms with Crippen molar-refractivity contribution in [3.8, 4) is 0 Å². The van der Waals surface area contributed by atoms with Gasteiger partial charge >= 0.3 is 0 Å². The van der Waals surface area contributed by atoms with Gasteiger partial charge in [0.05, 0.1) is 0 Å². The van der Waals surface area contributed by atoms with Crippen molar-refractivity contribution in [1.82, 2.24) is 0 Å². The zero-order chi connectivity index (χ0) is 5.56. The summed E-state index contributed by atoms with van der Waals surface area (Å²) in [5.41, 5.74) is 0.796. The van der Waals surface area contributed by atoms with E-state index in [0.717, 1.165) is 17.4 Å². The Morgan fingerprint density at radius 3 is 2.38 bits per heavy atom. The molecule has 3 radical (unpaired) electrons. The maximum atomic E-state index is 3.69. The lowest BCUT2D eigenvalue weighted by atomic mass is 10.1. The minimum atomic E-state index is 0.796. The van der Waals surface area contributed by atoms with E-state index in [1.165, 1.54) is 12.8 Å². The summed E-state index contributed by atoms with van der Waals surface area (Å²) in [5, 5.41) is 0. The molecule has 41 valence electrons. The molecule has 2 bridgehead atoms. The highest BCUT2D eigenvalue weighted by Gasteiger charge is 2.32. The first kappa shape index (κ1) is 4.80. The van der Waals surface area contributed by atoms with E-state index in [9.17, 15) is 0 Å². The van der Waals surface area contributed by atoms with Crippen molar-refractivity contribution < 1.29 is 0 Å². The number of fused-ring (bicyclic) bond motifs is 2. The zero-order valence-corrected chi connectivity index (χ0v) is 5.80. The van der Waals surface area contributed by atoms with E-state index >= 15 is 0 Å². The first-order valence-corrected chi connectivity index (χ1v) is 3.83. The topological polar surface area (TPSA) is 0 Å². The van der Waals surface area contributed by atoms with Gasteiger partial charge in [0.15, 0.2) is 0 Å². The van der Waals surface area contributed by atoms with Crippen LogP contribution in [0, 0.1) is 11.8 Å². The van der Waals surface area contributed by atoms with E-state index in [1.807, 2.05) is 0 Å². The molecule has 0 aromatic rings. The molecule has 0 N–H and O–H groups in total. The monoisotopic (exact) mass is 121 g/mol. The van der Waals surface area contributed by atoms with Gasteiger partial charge in [-0.05, 0) is 30.2 Å². The van der Waals surface area contributed by atoms with Crippen LogP contribution in [0.5, 0.6) is 0 Å². The van der Waals surface area contributed by atoms with Gasteiger partial charge in [-0.15, -0.1) is 0 Å². The number of hydrogen-bond acceptors (Lipinski definition) is 0. The molecule has 2 rings (SSSR count). The third-order valence-corrected chi connectivity index (χ3v) is 2.94. The first-order chi connectivity index (χ1) is 3.86.